The van der Waals surface area contributed by atoms with Crippen molar-refractivity contribution in [3.8, 4) is 0 Å². The maximum absolute atomic E-state index is 12.9. The van der Waals surface area contributed by atoms with Crippen molar-refractivity contribution in [2.45, 2.75) is 12.7 Å². The van der Waals surface area contributed by atoms with Gasteiger partial charge in [0.15, 0.2) is 0 Å². The van der Waals surface area contributed by atoms with Crippen LogP contribution in [0.1, 0.15) is 11.1 Å². The zero-order valence-corrected chi connectivity index (χ0v) is 11.1. The molecular formula is C12H15F3N2OS. The Morgan fingerprint density at radius 2 is 1.89 bits per heavy atom. The van der Waals surface area contributed by atoms with Crippen molar-refractivity contribution >= 4 is 16.5 Å². The predicted molar refractivity (Wildman–Crippen MR) is 69.4 cm³/mol. The lowest BCUT2D eigenvalue weighted by atomic mass is 10.1. The highest BCUT2D eigenvalue weighted by molar-refractivity contribution is 7.85. The van der Waals surface area contributed by atoms with E-state index in [0.29, 0.717) is 30.3 Å². The van der Waals surface area contributed by atoms with Gasteiger partial charge in [-0.15, -0.1) is 0 Å². The summed E-state index contributed by atoms with van der Waals surface area (Å²) in [5.74, 6) is 1.000. The van der Waals surface area contributed by atoms with Gasteiger partial charge in [-0.3, -0.25) is 4.21 Å². The first-order valence-electron chi connectivity index (χ1n) is 5.92. The van der Waals surface area contributed by atoms with Crippen LogP contribution in [0.15, 0.2) is 18.2 Å². The normalized spacial score (nSPS) is 17.8. The summed E-state index contributed by atoms with van der Waals surface area (Å²) in [7, 11) is -0.847. The van der Waals surface area contributed by atoms with Gasteiger partial charge in [0.25, 0.3) is 0 Å². The van der Waals surface area contributed by atoms with E-state index in [1.807, 2.05) is 4.90 Å². The second-order valence-corrected chi connectivity index (χ2v) is 6.07. The molecule has 0 saturated carbocycles. The van der Waals surface area contributed by atoms with Crippen LogP contribution in [0.4, 0.5) is 18.9 Å². The first-order valence-corrected chi connectivity index (χ1v) is 7.40. The van der Waals surface area contributed by atoms with Gasteiger partial charge in [0.05, 0.1) is 5.56 Å². The Morgan fingerprint density at radius 1 is 1.26 bits per heavy atom. The zero-order chi connectivity index (χ0) is 14.0. The molecule has 0 aliphatic carbocycles. The number of rotatable bonds is 2. The summed E-state index contributed by atoms with van der Waals surface area (Å²) in [4.78, 5) is 1.83. The summed E-state index contributed by atoms with van der Waals surface area (Å²) in [5.41, 5.74) is 5.27. The van der Waals surface area contributed by atoms with Crippen LogP contribution in [0, 0.1) is 0 Å². The molecule has 0 amide bonds. The number of halogens is 3. The van der Waals surface area contributed by atoms with Crippen LogP contribution < -0.4 is 10.6 Å². The van der Waals surface area contributed by atoms with E-state index in [9.17, 15) is 17.4 Å². The van der Waals surface area contributed by atoms with E-state index in [4.69, 9.17) is 5.73 Å². The van der Waals surface area contributed by atoms with Gasteiger partial charge in [-0.25, -0.2) is 0 Å². The van der Waals surface area contributed by atoms with Gasteiger partial charge >= 0.3 is 6.18 Å². The smallest absolute Gasteiger partial charge is 0.370 e. The van der Waals surface area contributed by atoms with Gasteiger partial charge in [0, 0.05) is 47.6 Å². The highest BCUT2D eigenvalue weighted by Crippen LogP contribution is 2.34. The third-order valence-electron chi connectivity index (χ3n) is 3.16. The number of hydrogen-bond acceptors (Lipinski definition) is 3. The van der Waals surface area contributed by atoms with Crippen molar-refractivity contribution in [2.24, 2.45) is 5.73 Å². The summed E-state index contributed by atoms with van der Waals surface area (Å²) in [6, 6.07) is 4.20. The molecule has 106 valence electrons. The maximum atomic E-state index is 12.9. The van der Waals surface area contributed by atoms with Crippen LogP contribution >= 0.6 is 0 Å². The minimum atomic E-state index is -4.40. The van der Waals surface area contributed by atoms with Gasteiger partial charge in [-0.05, 0) is 17.7 Å². The number of alkyl halides is 3. The van der Waals surface area contributed by atoms with Crippen LogP contribution in [0.3, 0.4) is 0 Å². The minimum absolute atomic E-state index is 0.0943. The monoisotopic (exact) mass is 292 g/mol. The molecular weight excluding hydrogens is 277 g/mol. The van der Waals surface area contributed by atoms with Gasteiger partial charge in [-0.1, -0.05) is 6.07 Å². The lowest BCUT2D eigenvalue weighted by Crippen LogP contribution is -2.37. The van der Waals surface area contributed by atoms with Crippen molar-refractivity contribution < 1.29 is 17.4 Å². The molecule has 1 aromatic rings. The summed E-state index contributed by atoms with van der Waals surface area (Å²) >= 11 is 0. The van der Waals surface area contributed by atoms with Gasteiger partial charge in [-0.2, -0.15) is 13.2 Å². The number of benzene rings is 1. The minimum Gasteiger partial charge on any atom is -0.370 e. The number of anilines is 1. The van der Waals surface area contributed by atoms with Crippen molar-refractivity contribution in [2.75, 3.05) is 29.5 Å². The van der Waals surface area contributed by atoms with E-state index in [2.05, 4.69) is 0 Å². The highest BCUT2D eigenvalue weighted by atomic mass is 32.2. The summed E-state index contributed by atoms with van der Waals surface area (Å²) in [5, 5.41) is 0. The van der Waals surface area contributed by atoms with Crippen LogP contribution in [-0.2, 0) is 23.5 Å². The summed E-state index contributed by atoms with van der Waals surface area (Å²) in [6.45, 7) is 0.900. The molecule has 0 atom stereocenters. The molecule has 1 heterocycles. The quantitative estimate of drug-likeness (QED) is 0.903. The predicted octanol–water partition coefficient (Wildman–Crippen LogP) is 1.73. The Balaban J connectivity index is 2.30. The van der Waals surface area contributed by atoms with Gasteiger partial charge in [0.1, 0.15) is 0 Å². The van der Waals surface area contributed by atoms with E-state index in [-0.39, 0.29) is 12.1 Å². The van der Waals surface area contributed by atoms with Gasteiger partial charge in [0.2, 0.25) is 0 Å². The average Bonchev–Trinajstić information content (AvgIpc) is 2.38. The van der Waals surface area contributed by atoms with Crippen molar-refractivity contribution in [1.82, 2.24) is 0 Å². The third-order valence-corrected chi connectivity index (χ3v) is 4.44. The molecule has 0 unspecified atom stereocenters. The summed E-state index contributed by atoms with van der Waals surface area (Å²) < 4.78 is 50.0. The fraction of sp³-hybridized carbons (Fsp3) is 0.500. The topological polar surface area (TPSA) is 46.3 Å². The fourth-order valence-electron chi connectivity index (χ4n) is 2.10. The second-order valence-electron chi connectivity index (χ2n) is 4.38. The Labute approximate surface area is 112 Å². The average molecular weight is 292 g/mol. The molecule has 1 aliphatic heterocycles. The number of nitrogens with zero attached hydrogens (tertiary/aromatic N) is 1. The molecule has 1 aliphatic rings. The molecule has 1 aromatic carbocycles. The first kappa shape index (κ1) is 14.3. The van der Waals surface area contributed by atoms with Crippen molar-refractivity contribution in [3.05, 3.63) is 29.3 Å². The van der Waals surface area contributed by atoms with E-state index < -0.39 is 22.5 Å². The molecule has 0 bridgehead atoms. The fourth-order valence-corrected chi connectivity index (χ4v) is 3.15. The van der Waals surface area contributed by atoms with Crippen LogP contribution in [0.5, 0.6) is 0 Å². The largest absolute Gasteiger partial charge is 0.416 e. The molecule has 3 nitrogen and oxygen atoms in total. The van der Waals surface area contributed by atoms with E-state index in [1.54, 1.807) is 6.07 Å². The van der Waals surface area contributed by atoms with Crippen LogP contribution in [0.2, 0.25) is 0 Å². The zero-order valence-electron chi connectivity index (χ0n) is 10.2. The Morgan fingerprint density at radius 3 is 2.42 bits per heavy atom. The van der Waals surface area contributed by atoms with E-state index in [0.717, 1.165) is 6.07 Å². The lowest BCUT2D eigenvalue weighted by Gasteiger charge is -2.29. The molecule has 0 spiro atoms. The SMILES string of the molecule is NCc1ccc(N2CCS(=O)CC2)cc1C(F)(F)F. The van der Waals surface area contributed by atoms with Crippen molar-refractivity contribution in [1.29, 1.82) is 0 Å². The third kappa shape index (κ3) is 3.27. The Bertz CT molecular complexity index is 480. The molecule has 7 heteroatoms. The molecule has 19 heavy (non-hydrogen) atoms. The lowest BCUT2D eigenvalue weighted by molar-refractivity contribution is -0.138. The van der Waals surface area contributed by atoms with Crippen LogP contribution in [0.25, 0.3) is 0 Å². The molecule has 2 N–H and O–H groups in total. The molecule has 2 rings (SSSR count). The second kappa shape index (κ2) is 5.50. The number of hydrogen-bond donors (Lipinski definition) is 1. The van der Waals surface area contributed by atoms with Crippen LogP contribution in [-0.4, -0.2) is 28.8 Å². The molecule has 1 fully saturated rings. The molecule has 0 radical (unpaired) electrons. The Kier molecular flexibility index (Phi) is 4.15. The Hall–Kier alpha value is -1.08. The standard InChI is InChI=1S/C12H15F3N2OS/c13-12(14,15)11-7-10(2-1-9(11)8-16)17-3-5-19(18)6-4-17/h1-2,7H,3-6,8,16H2. The highest BCUT2D eigenvalue weighted by Gasteiger charge is 2.33. The summed E-state index contributed by atoms with van der Waals surface area (Å²) in [6.07, 6.45) is -4.40. The molecule has 0 aromatic heterocycles. The maximum Gasteiger partial charge on any atom is 0.416 e. The van der Waals surface area contributed by atoms with Gasteiger partial charge < -0.3 is 10.6 Å². The van der Waals surface area contributed by atoms with E-state index in [1.165, 1.54) is 6.07 Å². The molecule has 1 saturated heterocycles. The number of nitrogens with two attached hydrogens (primary N) is 1. The van der Waals surface area contributed by atoms with Crippen molar-refractivity contribution in [3.63, 3.8) is 0 Å². The first-order chi connectivity index (χ1) is 8.91. The van der Waals surface area contributed by atoms with E-state index >= 15 is 0 Å².